The fourth-order valence-corrected chi connectivity index (χ4v) is 3.18. The molecule has 0 bridgehead atoms. The molecule has 21 heavy (non-hydrogen) atoms. The number of hydrogen-bond acceptors (Lipinski definition) is 5. The molecule has 1 atom stereocenters. The quantitative estimate of drug-likeness (QED) is 0.753. The number of methoxy groups -OCH3 is 2. The topological polar surface area (TPSA) is 84.9 Å². The number of rotatable bonds is 8. The third-order valence-electron chi connectivity index (χ3n) is 2.88. The van der Waals surface area contributed by atoms with Gasteiger partial charge in [-0.25, -0.2) is 17.5 Å². The first kappa shape index (κ1) is 17.7. The van der Waals surface area contributed by atoms with Crippen LogP contribution < -0.4 is 14.2 Å². The van der Waals surface area contributed by atoms with E-state index in [0.29, 0.717) is 12.8 Å². The smallest absolute Gasteiger partial charge is 0.243 e. The average molecular weight is 321 g/mol. The van der Waals surface area contributed by atoms with Gasteiger partial charge in [-0.15, -0.1) is 0 Å². The van der Waals surface area contributed by atoms with Crippen LogP contribution >= 0.6 is 0 Å². The Morgan fingerprint density at radius 3 is 2.38 bits per heavy atom. The molecular formula is C13H20FNO5S. The van der Waals surface area contributed by atoms with Gasteiger partial charge in [0.1, 0.15) is 10.7 Å². The highest BCUT2D eigenvalue weighted by Gasteiger charge is 2.24. The highest BCUT2D eigenvalue weighted by Crippen LogP contribution is 2.31. The van der Waals surface area contributed by atoms with Crippen LogP contribution in [0.5, 0.6) is 11.5 Å². The van der Waals surface area contributed by atoms with Crippen LogP contribution in [0.3, 0.4) is 0 Å². The Hall–Kier alpha value is -1.38. The summed E-state index contributed by atoms with van der Waals surface area (Å²) in [6, 6.07) is 1.62. The number of aliphatic hydroxyl groups is 1. The first-order valence-electron chi connectivity index (χ1n) is 6.40. The Bertz CT molecular complexity index is 576. The summed E-state index contributed by atoms with van der Waals surface area (Å²) < 4.78 is 50.6. The zero-order valence-corrected chi connectivity index (χ0v) is 13.0. The van der Waals surface area contributed by atoms with Gasteiger partial charge in [-0.2, -0.15) is 0 Å². The normalized spacial score (nSPS) is 13.0. The lowest BCUT2D eigenvalue weighted by Crippen LogP contribution is -2.33. The molecule has 120 valence electrons. The van der Waals surface area contributed by atoms with Crippen LogP contribution in [-0.2, 0) is 10.0 Å². The van der Waals surface area contributed by atoms with Gasteiger partial charge in [-0.3, -0.25) is 0 Å². The van der Waals surface area contributed by atoms with Crippen molar-refractivity contribution in [2.45, 2.75) is 30.7 Å². The Kier molecular flexibility index (Phi) is 6.38. The van der Waals surface area contributed by atoms with Crippen molar-refractivity contribution in [2.24, 2.45) is 0 Å². The van der Waals surface area contributed by atoms with Crippen molar-refractivity contribution in [3.63, 3.8) is 0 Å². The van der Waals surface area contributed by atoms with Crippen molar-refractivity contribution >= 4 is 10.0 Å². The molecule has 6 nitrogen and oxygen atoms in total. The largest absolute Gasteiger partial charge is 0.493 e. The van der Waals surface area contributed by atoms with Crippen LogP contribution in [0.1, 0.15) is 19.8 Å². The van der Waals surface area contributed by atoms with Crippen LogP contribution in [0.2, 0.25) is 0 Å². The van der Waals surface area contributed by atoms with E-state index < -0.39 is 26.8 Å². The summed E-state index contributed by atoms with van der Waals surface area (Å²) in [5.74, 6) is -0.681. The van der Waals surface area contributed by atoms with Crippen molar-refractivity contribution in [1.29, 1.82) is 0 Å². The molecule has 0 saturated carbocycles. The van der Waals surface area contributed by atoms with Crippen molar-refractivity contribution in [2.75, 3.05) is 20.8 Å². The number of benzene rings is 1. The molecule has 0 aliphatic carbocycles. The van der Waals surface area contributed by atoms with Gasteiger partial charge in [0, 0.05) is 24.8 Å². The molecule has 1 rings (SSSR count). The summed E-state index contributed by atoms with van der Waals surface area (Å²) in [4.78, 5) is -0.504. The fraction of sp³-hybridized carbons (Fsp3) is 0.538. The molecule has 0 aliphatic rings. The van der Waals surface area contributed by atoms with Crippen LogP contribution in [0.25, 0.3) is 0 Å². The minimum Gasteiger partial charge on any atom is -0.493 e. The van der Waals surface area contributed by atoms with Crippen molar-refractivity contribution < 1.29 is 27.4 Å². The minimum absolute atomic E-state index is 0.0310. The number of aliphatic hydroxyl groups excluding tert-OH is 1. The molecule has 1 unspecified atom stereocenters. The molecule has 0 aromatic heterocycles. The van der Waals surface area contributed by atoms with E-state index in [4.69, 9.17) is 14.6 Å². The summed E-state index contributed by atoms with van der Waals surface area (Å²) in [5.41, 5.74) is 0. The van der Waals surface area contributed by atoms with Gasteiger partial charge in [-0.05, 0) is 19.8 Å². The SMILES string of the molecule is COc1cc(F)c(S(=O)(=O)NC(C)CCCO)cc1OC. The summed E-state index contributed by atoms with van der Waals surface area (Å²) in [6.45, 7) is 1.61. The van der Waals surface area contributed by atoms with E-state index >= 15 is 0 Å². The van der Waals surface area contributed by atoms with Crippen molar-refractivity contribution in [3.05, 3.63) is 17.9 Å². The lowest BCUT2D eigenvalue weighted by atomic mass is 10.2. The molecule has 2 N–H and O–H groups in total. The molecule has 8 heteroatoms. The maximum atomic E-state index is 14.0. The molecule has 1 aromatic carbocycles. The van der Waals surface area contributed by atoms with E-state index in [1.807, 2.05) is 0 Å². The minimum atomic E-state index is -4.02. The van der Waals surface area contributed by atoms with E-state index in [1.165, 1.54) is 14.2 Å². The summed E-state index contributed by atoms with van der Waals surface area (Å²) in [6.07, 6.45) is 0.905. The summed E-state index contributed by atoms with van der Waals surface area (Å²) in [5, 5.41) is 8.73. The molecule has 0 radical (unpaired) electrons. The standard InChI is InChI=1S/C13H20FNO5S/c1-9(5-4-6-16)15-21(17,18)13-8-12(20-3)11(19-2)7-10(13)14/h7-9,15-16H,4-6H2,1-3H3. The van der Waals surface area contributed by atoms with E-state index in [1.54, 1.807) is 6.92 Å². The second-order valence-corrected chi connectivity index (χ2v) is 6.21. The first-order chi connectivity index (χ1) is 9.85. The highest BCUT2D eigenvalue weighted by molar-refractivity contribution is 7.89. The van der Waals surface area contributed by atoms with Gasteiger partial charge in [-0.1, -0.05) is 0 Å². The third-order valence-corrected chi connectivity index (χ3v) is 4.48. The van der Waals surface area contributed by atoms with Crippen LogP contribution in [0, 0.1) is 5.82 Å². The van der Waals surface area contributed by atoms with E-state index in [-0.39, 0.29) is 18.1 Å². The second-order valence-electron chi connectivity index (χ2n) is 4.53. The van der Waals surface area contributed by atoms with Gasteiger partial charge in [0.25, 0.3) is 0 Å². The lowest BCUT2D eigenvalue weighted by molar-refractivity contribution is 0.279. The number of halogens is 1. The Labute approximate surface area is 123 Å². The molecular weight excluding hydrogens is 301 g/mol. The Balaban J connectivity index is 3.08. The van der Waals surface area contributed by atoms with Gasteiger partial charge in [0.05, 0.1) is 14.2 Å². The number of ether oxygens (including phenoxy) is 2. The van der Waals surface area contributed by atoms with Crippen molar-refractivity contribution in [3.8, 4) is 11.5 Å². The third kappa shape index (κ3) is 4.55. The zero-order valence-electron chi connectivity index (χ0n) is 12.2. The van der Waals surface area contributed by atoms with Gasteiger partial charge in [0.2, 0.25) is 10.0 Å². The summed E-state index contributed by atoms with van der Waals surface area (Å²) >= 11 is 0. The number of sulfonamides is 1. The van der Waals surface area contributed by atoms with E-state index in [0.717, 1.165) is 12.1 Å². The van der Waals surface area contributed by atoms with Crippen LogP contribution in [0.15, 0.2) is 17.0 Å². The van der Waals surface area contributed by atoms with E-state index in [9.17, 15) is 12.8 Å². The molecule has 1 aromatic rings. The van der Waals surface area contributed by atoms with Crippen LogP contribution in [0.4, 0.5) is 4.39 Å². The second kappa shape index (κ2) is 7.58. The van der Waals surface area contributed by atoms with Gasteiger partial charge < -0.3 is 14.6 Å². The Morgan fingerprint density at radius 2 is 1.86 bits per heavy atom. The molecule has 0 fully saturated rings. The maximum Gasteiger partial charge on any atom is 0.243 e. The lowest BCUT2D eigenvalue weighted by Gasteiger charge is -2.15. The van der Waals surface area contributed by atoms with Gasteiger partial charge in [0.15, 0.2) is 11.5 Å². The monoisotopic (exact) mass is 321 g/mol. The number of nitrogens with one attached hydrogen (secondary N) is 1. The molecule has 0 heterocycles. The predicted molar refractivity (Wildman–Crippen MR) is 75.6 cm³/mol. The molecule has 0 aliphatic heterocycles. The Morgan fingerprint density at radius 1 is 1.29 bits per heavy atom. The zero-order chi connectivity index (χ0) is 16.0. The predicted octanol–water partition coefficient (Wildman–Crippen LogP) is 1.28. The fourth-order valence-electron chi connectivity index (χ4n) is 1.83. The van der Waals surface area contributed by atoms with E-state index in [2.05, 4.69) is 4.72 Å². The van der Waals surface area contributed by atoms with Gasteiger partial charge >= 0.3 is 0 Å². The number of hydrogen-bond donors (Lipinski definition) is 2. The van der Waals surface area contributed by atoms with Crippen molar-refractivity contribution in [1.82, 2.24) is 4.72 Å². The molecule has 0 amide bonds. The summed E-state index contributed by atoms with van der Waals surface area (Å²) in [7, 11) is -1.35. The average Bonchev–Trinajstić information content (AvgIpc) is 2.43. The van der Waals surface area contributed by atoms with Crippen LogP contribution in [-0.4, -0.2) is 40.4 Å². The maximum absolute atomic E-state index is 14.0. The molecule has 0 spiro atoms. The first-order valence-corrected chi connectivity index (χ1v) is 7.88. The molecule has 0 saturated heterocycles. The highest BCUT2D eigenvalue weighted by atomic mass is 32.2.